The van der Waals surface area contributed by atoms with Gasteiger partial charge in [0.2, 0.25) is 15.9 Å². The molecule has 174 valence electrons. The second kappa shape index (κ2) is 11.0. The van der Waals surface area contributed by atoms with Gasteiger partial charge in [-0.05, 0) is 68.1 Å². The normalized spacial score (nSPS) is 15.8. The van der Waals surface area contributed by atoms with E-state index in [0.717, 1.165) is 37.0 Å². The molecule has 0 bridgehead atoms. The lowest BCUT2D eigenvalue weighted by Crippen LogP contribution is -2.49. The molecule has 32 heavy (non-hydrogen) atoms. The molecular formula is C25H35N3O3S. The average molecular weight is 458 g/mol. The lowest BCUT2D eigenvalue weighted by molar-refractivity contribution is -0.122. The summed E-state index contributed by atoms with van der Waals surface area (Å²) in [6.07, 6.45) is 5.40. The molecule has 7 heteroatoms. The molecule has 0 spiro atoms. The highest BCUT2D eigenvalue weighted by atomic mass is 32.2. The Morgan fingerprint density at radius 3 is 2.31 bits per heavy atom. The summed E-state index contributed by atoms with van der Waals surface area (Å²) in [5.74, 6) is -0.295. The zero-order valence-electron chi connectivity index (χ0n) is 19.4. The molecule has 1 aliphatic heterocycles. The van der Waals surface area contributed by atoms with Crippen molar-refractivity contribution in [2.24, 2.45) is 0 Å². The largest absolute Gasteiger partial charge is 0.350 e. The van der Waals surface area contributed by atoms with Crippen LogP contribution in [0.2, 0.25) is 0 Å². The molecular weight excluding hydrogens is 422 g/mol. The molecule has 1 saturated heterocycles. The van der Waals surface area contributed by atoms with Crippen LogP contribution in [0, 0.1) is 6.92 Å². The van der Waals surface area contributed by atoms with Gasteiger partial charge in [0, 0.05) is 13.1 Å². The number of hydrogen-bond donors (Lipinski definition) is 1. The van der Waals surface area contributed by atoms with Crippen molar-refractivity contribution in [3.63, 3.8) is 0 Å². The molecule has 0 saturated carbocycles. The first-order valence-corrected chi connectivity index (χ1v) is 13.3. The van der Waals surface area contributed by atoms with Crippen molar-refractivity contribution >= 4 is 21.6 Å². The second-order valence-corrected chi connectivity index (χ2v) is 10.6. The number of carbonyl (C=O) groups excluding carboxylic acids is 1. The van der Waals surface area contributed by atoms with Crippen LogP contribution in [0.3, 0.4) is 0 Å². The van der Waals surface area contributed by atoms with Gasteiger partial charge in [-0.25, -0.2) is 8.42 Å². The van der Waals surface area contributed by atoms with Crippen molar-refractivity contribution in [2.45, 2.75) is 58.7 Å². The summed E-state index contributed by atoms with van der Waals surface area (Å²) in [6.45, 7) is 7.38. The third-order valence-electron chi connectivity index (χ3n) is 5.93. The van der Waals surface area contributed by atoms with E-state index in [1.807, 2.05) is 32.0 Å². The van der Waals surface area contributed by atoms with Gasteiger partial charge < -0.3 is 5.32 Å². The predicted molar refractivity (Wildman–Crippen MR) is 130 cm³/mol. The van der Waals surface area contributed by atoms with Crippen molar-refractivity contribution in [2.75, 3.05) is 23.7 Å². The molecule has 2 aromatic carbocycles. The smallest absolute Gasteiger partial charge is 0.244 e. The number of nitrogens with one attached hydrogen (secondary N) is 1. The Bertz CT molecular complexity index is 999. The maximum atomic E-state index is 13.0. The van der Waals surface area contributed by atoms with Crippen LogP contribution in [0.25, 0.3) is 0 Å². The van der Waals surface area contributed by atoms with Gasteiger partial charge in [-0.1, -0.05) is 49.7 Å². The van der Waals surface area contributed by atoms with Gasteiger partial charge in [0.25, 0.3) is 0 Å². The van der Waals surface area contributed by atoms with Crippen LogP contribution in [-0.2, 0) is 27.9 Å². The standard InChI is InChI=1S/C25H35N3O3S/c1-4-24(28(32(3,30)31)23-10-8-9-20(2)17-23)25(29)26-18-21-11-13-22(14-12-21)19-27-15-6-5-7-16-27/h8-14,17,24H,4-7,15-16,18-19H2,1-3H3,(H,26,29). The second-order valence-electron chi connectivity index (χ2n) is 8.69. The Hall–Kier alpha value is -2.38. The van der Waals surface area contributed by atoms with E-state index >= 15 is 0 Å². The van der Waals surface area contributed by atoms with E-state index in [2.05, 4.69) is 22.3 Å². The van der Waals surface area contributed by atoms with Crippen LogP contribution >= 0.6 is 0 Å². The Balaban J connectivity index is 1.65. The number of sulfonamides is 1. The zero-order chi connectivity index (χ0) is 23.1. The molecule has 6 nitrogen and oxygen atoms in total. The summed E-state index contributed by atoms with van der Waals surface area (Å²) in [6, 6.07) is 14.7. The van der Waals surface area contributed by atoms with E-state index in [9.17, 15) is 13.2 Å². The Morgan fingerprint density at radius 1 is 1.06 bits per heavy atom. The van der Waals surface area contributed by atoms with Crippen LogP contribution in [0.15, 0.2) is 48.5 Å². The number of aryl methyl sites for hydroxylation is 1. The first-order valence-electron chi connectivity index (χ1n) is 11.4. The van der Waals surface area contributed by atoms with Crippen molar-refractivity contribution in [3.05, 3.63) is 65.2 Å². The van der Waals surface area contributed by atoms with E-state index in [0.29, 0.717) is 18.7 Å². The SMILES string of the molecule is CCC(C(=O)NCc1ccc(CN2CCCCC2)cc1)N(c1cccc(C)c1)S(C)(=O)=O. The molecule has 3 rings (SSSR count). The highest BCUT2D eigenvalue weighted by molar-refractivity contribution is 7.92. The van der Waals surface area contributed by atoms with Crippen LogP contribution < -0.4 is 9.62 Å². The van der Waals surface area contributed by atoms with Crippen molar-refractivity contribution in [1.29, 1.82) is 0 Å². The van der Waals surface area contributed by atoms with Crippen LogP contribution in [0.4, 0.5) is 5.69 Å². The minimum Gasteiger partial charge on any atom is -0.350 e. The number of anilines is 1. The summed E-state index contributed by atoms with van der Waals surface area (Å²) < 4.78 is 26.4. The molecule has 1 atom stereocenters. The number of hydrogen-bond acceptors (Lipinski definition) is 4. The molecule has 1 heterocycles. The van der Waals surface area contributed by atoms with E-state index in [1.54, 1.807) is 18.2 Å². The third kappa shape index (κ3) is 6.56. The number of piperidine rings is 1. The summed E-state index contributed by atoms with van der Waals surface area (Å²) in [5.41, 5.74) is 3.72. The summed E-state index contributed by atoms with van der Waals surface area (Å²) in [7, 11) is -3.63. The van der Waals surface area contributed by atoms with E-state index in [1.165, 1.54) is 29.1 Å². The highest BCUT2D eigenvalue weighted by Gasteiger charge is 2.31. The molecule has 1 amide bonds. The van der Waals surface area contributed by atoms with Gasteiger partial charge in [0.1, 0.15) is 6.04 Å². The lowest BCUT2D eigenvalue weighted by Gasteiger charge is -2.30. The van der Waals surface area contributed by atoms with Gasteiger partial charge in [-0.3, -0.25) is 14.0 Å². The average Bonchev–Trinajstić information content (AvgIpc) is 2.76. The van der Waals surface area contributed by atoms with E-state index < -0.39 is 16.1 Å². The molecule has 1 aliphatic rings. The molecule has 1 N–H and O–H groups in total. The molecule has 0 aromatic heterocycles. The third-order valence-corrected chi connectivity index (χ3v) is 7.11. The van der Waals surface area contributed by atoms with Crippen LogP contribution in [0.5, 0.6) is 0 Å². The van der Waals surface area contributed by atoms with E-state index in [4.69, 9.17) is 0 Å². The van der Waals surface area contributed by atoms with Crippen molar-refractivity contribution in [1.82, 2.24) is 10.2 Å². The van der Waals surface area contributed by atoms with Crippen LogP contribution in [-0.4, -0.2) is 44.6 Å². The Morgan fingerprint density at radius 2 is 1.72 bits per heavy atom. The number of carbonyl (C=O) groups is 1. The van der Waals surface area contributed by atoms with Crippen molar-refractivity contribution in [3.8, 4) is 0 Å². The fraction of sp³-hybridized carbons (Fsp3) is 0.480. The fourth-order valence-corrected chi connectivity index (χ4v) is 5.47. The number of rotatable bonds is 9. The zero-order valence-corrected chi connectivity index (χ0v) is 20.2. The molecule has 1 fully saturated rings. The first-order chi connectivity index (χ1) is 15.3. The van der Waals surface area contributed by atoms with Gasteiger partial charge >= 0.3 is 0 Å². The van der Waals surface area contributed by atoms with Crippen molar-refractivity contribution < 1.29 is 13.2 Å². The van der Waals surface area contributed by atoms with Gasteiger partial charge in [0.05, 0.1) is 11.9 Å². The first kappa shape index (κ1) is 24.3. The predicted octanol–water partition coefficient (Wildman–Crippen LogP) is 3.84. The summed E-state index contributed by atoms with van der Waals surface area (Å²) in [5, 5.41) is 2.93. The highest BCUT2D eigenvalue weighted by Crippen LogP contribution is 2.23. The van der Waals surface area contributed by atoms with Gasteiger partial charge in [-0.2, -0.15) is 0 Å². The molecule has 0 aliphatic carbocycles. The van der Waals surface area contributed by atoms with Crippen LogP contribution in [0.1, 0.15) is 49.3 Å². The number of amides is 1. The Kier molecular flexibility index (Phi) is 8.32. The quantitative estimate of drug-likeness (QED) is 0.621. The summed E-state index contributed by atoms with van der Waals surface area (Å²) >= 11 is 0. The monoisotopic (exact) mass is 457 g/mol. The Labute approximate surface area is 192 Å². The number of likely N-dealkylation sites (tertiary alicyclic amines) is 1. The lowest BCUT2D eigenvalue weighted by atomic mass is 10.1. The molecule has 0 radical (unpaired) electrons. The summed E-state index contributed by atoms with van der Waals surface area (Å²) in [4.78, 5) is 15.5. The van der Waals surface area contributed by atoms with E-state index in [-0.39, 0.29) is 5.91 Å². The number of nitrogens with zero attached hydrogens (tertiary/aromatic N) is 2. The van der Waals surface area contributed by atoms with Gasteiger partial charge in [-0.15, -0.1) is 0 Å². The fourth-order valence-electron chi connectivity index (χ4n) is 4.27. The minimum absolute atomic E-state index is 0.295. The maximum absolute atomic E-state index is 13.0. The number of benzene rings is 2. The molecule has 1 unspecified atom stereocenters. The maximum Gasteiger partial charge on any atom is 0.244 e. The minimum atomic E-state index is -3.63. The van der Waals surface area contributed by atoms with Gasteiger partial charge in [0.15, 0.2) is 0 Å². The topological polar surface area (TPSA) is 69.7 Å². The molecule has 2 aromatic rings.